The predicted octanol–water partition coefficient (Wildman–Crippen LogP) is 4.59. The lowest BCUT2D eigenvalue weighted by Crippen LogP contribution is -2.18. The van der Waals surface area contributed by atoms with E-state index in [1.54, 1.807) is 0 Å². The number of rotatable bonds is 2. The fourth-order valence-corrected chi connectivity index (χ4v) is 2.73. The van der Waals surface area contributed by atoms with Crippen LogP contribution in [-0.4, -0.2) is 4.98 Å². The van der Waals surface area contributed by atoms with E-state index in [1.807, 2.05) is 12.1 Å². The molecule has 2 aromatic rings. The van der Waals surface area contributed by atoms with E-state index in [0.717, 1.165) is 31.5 Å². The topological polar surface area (TPSA) is 24.9 Å². The number of nitrogens with zero attached hydrogens (tertiary/aromatic N) is 1. The molecule has 110 valence electrons. The van der Waals surface area contributed by atoms with Gasteiger partial charge in [0.1, 0.15) is 5.82 Å². The Morgan fingerprint density at radius 3 is 2.62 bits per heavy atom. The van der Waals surface area contributed by atoms with Gasteiger partial charge in [0, 0.05) is 6.20 Å². The highest BCUT2D eigenvalue weighted by atomic mass is 19.4. The molecule has 0 radical (unpaired) electrons. The first-order valence-electron chi connectivity index (χ1n) is 6.91. The molecule has 2 nitrogen and oxygen atoms in total. The van der Waals surface area contributed by atoms with Crippen LogP contribution >= 0.6 is 0 Å². The van der Waals surface area contributed by atoms with Crippen LogP contribution in [0.4, 0.5) is 19.0 Å². The molecule has 1 unspecified atom stereocenters. The number of nitrogens with one attached hydrogen (secondary N) is 1. The van der Waals surface area contributed by atoms with Crippen molar-refractivity contribution in [3.05, 3.63) is 59.3 Å². The standard InChI is InChI=1S/C16H15F3N2/c17-16(18,19)12-8-9-15(20-10-12)21-14-7-3-5-11-4-1-2-6-13(11)14/h1-2,4,6,8-10,14H,3,5,7H2,(H,20,21). The first-order valence-corrected chi connectivity index (χ1v) is 6.91. The number of benzene rings is 1. The Bertz CT molecular complexity index is 620. The Morgan fingerprint density at radius 2 is 1.90 bits per heavy atom. The van der Waals surface area contributed by atoms with Gasteiger partial charge in [-0.05, 0) is 42.5 Å². The Hall–Kier alpha value is -2.04. The molecule has 1 aliphatic rings. The maximum atomic E-state index is 12.5. The summed E-state index contributed by atoms with van der Waals surface area (Å²) < 4.78 is 37.5. The zero-order valence-corrected chi connectivity index (χ0v) is 11.3. The minimum absolute atomic E-state index is 0.110. The van der Waals surface area contributed by atoms with Gasteiger partial charge in [-0.2, -0.15) is 13.2 Å². The molecule has 1 N–H and O–H groups in total. The Labute approximate surface area is 121 Å². The second-order valence-corrected chi connectivity index (χ2v) is 5.22. The summed E-state index contributed by atoms with van der Waals surface area (Å²) in [7, 11) is 0. The van der Waals surface area contributed by atoms with Crippen molar-refractivity contribution in [1.29, 1.82) is 0 Å². The maximum absolute atomic E-state index is 12.5. The van der Waals surface area contributed by atoms with Crippen molar-refractivity contribution in [2.24, 2.45) is 0 Å². The second-order valence-electron chi connectivity index (χ2n) is 5.22. The van der Waals surface area contributed by atoms with Crippen LogP contribution in [0.1, 0.15) is 35.6 Å². The molecule has 0 amide bonds. The van der Waals surface area contributed by atoms with Crippen LogP contribution in [-0.2, 0) is 12.6 Å². The van der Waals surface area contributed by atoms with E-state index in [-0.39, 0.29) is 6.04 Å². The van der Waals surface area contributed by atoms with E-state index in [1.165, 1.54) is 17.2 Å². The van der Waals surface area contributed by atoms with E-state index >= 15 is 0 Å². The largest absolute Gasteiger partial charge is 0.417 e. The molecule has 0 saturated carbocycles. The number of aromatic nitrogens is 1. The highest BCUT2D eigenvalue weighted by molar-refractivity contribution is 5.42. The number of fused-ring (bicyclic) bond motifs is 1. The number of hydrogen-bond donors (Lipinski definition) is 1. The van der Waals surface area contributed by atoms with Gasteiger partial charge in [-0.15, -0.1) is 0 Å². The fourth-order valence-electron chi connectivity index (χ4n) is 2.73. The normalized spacial score (nSPS) is 18.1. The Morgan fingerprint density at radius 1 is 1.10 bits per heavy atom. The summed E-state index contributed by atoms with van der Waals surface area (Å²) in [5.41, 5.74) is 1.79. The minimum atomic E-state index is -4.34. The van der Waals surface area contributed by atoms with Gasteiger partial charge in [-0.3, -0.25) is 0 Å². The Balaban J connectivity index is 1.79. The summed E-state index contributed by atoms with van der Waals surface area (Å²) >= 11 is 0. The van der Waals surface area contributed by atoms with Gasteiger partial charge < -0.3 is 5.32 Å². The van der Waals surface area contributed by atoms with Crippen molar-refractivity contribution >= 4 is 5.82 Å². The van der Waals surface area contributed by atoms with Crippen molar-refractivity contribution in [2.75, 3.05) is 5.32 Å². The van der Waals surface area contributed by atoms with Crippen LogP contribution in [0, 0.1) is 0 Å². The van der Waals surface area contributed by atoms with Gasteiger partial charge in [-0.1, -0.05) is 24.3 Å². The van der Waals surface area contributed by atoms with E-state index < -0.39 is 11.7 Å². The third kappa shape index (κ3) is 3.01. The van der Waals surface area contributed by atoms with Crippen LogP contribution in [0.3, 0.4) is 0 Å². The average molecular weight is 292 g/mol. The van der Waals surface area contributed by atoms with Crippen LogP contribution in [0.5, 0.6) is 0 Å². The highest BCUT2D eigenvalue weighted by Gasteiger charge is 2.30. The van der Waals surface area contributed by atoms with Gasteiger partial charge in [-0.25, -0.2) is 4.98 Å². The summed E-state index contributed by atoms with van der Waals surface area (Å²) in [4.78, 5) is 3.88. The van der Waals surface area contributed by atoms with E-state index in [4.69, 9.17) is 0 Å². The second kappa shape index (κ2) is 5.39. The molecule has 0 saturated heterocycles. The molecule has 3 rings (SSSR count). The monoisotopic (exact) mass is 292 g/mol. The van der Waals surface area contributed by atoms with E-state index in [0.29, 0.717) is 5.82 Å². The lowest BCUT2D eigenvalue weighted by molar-refractivity contribution is -0.137. The van der Waals surface area contributed by atoms with Gasteiger partial charge in [0.05, 0.1) is 11.6 Å². The van der Waals surface area contributed by atoms with Crippen molar-refractivity contribution in [3.63, 3.8) is 0 Å². The van der Waals surface area contributed by atoms with Crippen molar-refractivity contribution < 1.29 is 13.2 Å². The van der Waals surface area contributed by atoms with Gasteiger partial charge in [0.25, 0.3) is 0 Å². The molecule has 0 bridgehead atoms. The molecule has 0 fully saturated rings. The quantitative estimate of drug-likeness (QED) is 0.875. The molecule has 21 heavy (non-hydrogen) atoms. The number of alkyl halides is 3. The molecular weight excluding hydrogens is 277 g/mol. The zero-order valence-electron chi connectivity index (χ0n) is 11.3. The smallest absolute Gasteiger partial charge is 0.363 e. The summed E-state index contributed by atoms with van der Waals surface area (Å²) in [6.07, 6.45) is -0.399. The van der Waals surface area contributed by atoms with Crippen LogP contribution in [0.15, 0.2) is 42.6 Å². The van der Waals surface area contributed by atoms with Crippen molar-refractivity contribution in [2.45, 2.75) is 31.5 Å². The first-order chi connectivity index (χ1) is 10.0. The minimum Gasteiger partial charge on any atom is -0.363 e. The molecular formula is C16H15F3N2. The van der Waals surface area contributed by atoms with Gasteiger partial charge in [0.15, 0.2) is 0 Å². The summed E-state index contributed by atoms with van der Waals surface area (Å²) in [5.74, 6) is 0.477. The number of aryl methyl sites for hydroxylation is 1. The third-order valence-electron chi connectivity index (χ3n) is 3.78. The highest BCUT2D eigenvalue weighted by Crippen LogP contribution is 2.33. The molecule has 0 spiro atoms. The van der Waals surface area contributed by atoms with Gasteiger partial charge in [0.2, 0.25) is 0 Å². The molecule has 1 aliphatic carbocycles. The van der Waals surface area contributed by atoms with Crippen molar-refractivity contribution in [3.8, 4) is 0 Å². The fraction of sp³-hybridized carbons (Fsp3) is 0.312. The zero-order chi connectivity index (χ0) is 14.9. The molecule has 5 heteroatoms. The molecule has 1 atom stereocenters. The molecule has 0 aliphatic heterocycles. The lowest BCUT2D eigenvalue weighted by atomic mass is 9.88. The number of hydrogen-bond acceptors (Lipinski definition) is 2. The average Bonchev–Trinajstić information content (AvgIpc) is 2.47. The lowest BCUT2D eigenvalue weighted by Gasteiger charge is -2.26. The summed E-state index contributed by atoms with van der Waals surface area (Å²) in [6, 6.07) is 10.7. The molecule has 1 heterocycles. The summed E-state index contributed by atoms with van der Waals surface area (Å²) in [6.45, 7) is 0. The SMILES string of the molecule is FC(F)(F)c1ccc(NC2CCCc3ccccc32)nc1. The maximum Gasteiger partial charge on any atom is 0.417 e. The Kier molecular flexibility index (Phi) is 3.57. The molecule has 1 aromatic heterocycles. The third-order valence-corrected chi connectivity index (χ3v) is 3.78. The first kappa shape index (κ1) is 13.9. The van der Waals surface area contributed by atoms with Crippen LogP contribution in [0.25, 0.3) is 0 Å². The van der Waals surface area contributed by atoms with Crippen LogP contribution in [0.2, 0.25) is 0 Å². The van der Waals surface area contributed by atoms with Crippen molar-refractivity contribution in [1.82, 2.24) is 4.98 Å². The number of halogens is 3. The molecule has 1 aromatic carbocycles. The predicted molar refractivity (Wildman–Crippen MR) is 75.0 cm³/mol. The summed E-state index contributed by atoms with van der Waals surface area (Å²) in [5, 5.41) is 3.24. The van der Waals surface area contributed by atoms with E-state index in [2.05, 4.69) is 22.4 Å². The van der Waals surface area contributed by atoms with E-state index in [9.17, 15) is 13.2 Å². The number of anilines is 1. The van der Waals surface area contributed by atoms with Gasteiger partial charge >= 0.3 is 6.18 Å². The van der Waals surface area contributed by atoms with Crippen LogP contribution < -0.4 is 5.32 Å². The number of pyridine rings is 1.